The van der Waals surface area contributed by atoms with E-state index in [1.165, 1.54) is 0 Å². The molecule has 0 spiro atoms. The van der Waals surface area contributed by atoms with Gasteiger partial charge >= 0.3 is 186 Å². The van der Waals surface area contributed by atoms with Gasteiger partial charge in [-0.2, -0.15) is 0 Å². The molecule has 108 valence electrons. The van der Waals surface area contributed by atoms with Gasteiger partial charge in [0, 0.05) is 0 Å². The molecule has 0 aromatic carbocycles. The molecular formula is C3H24Al2Ca2Mg4O9. The molecule has 0 radical (unpaired) electrons. The van der Waals surface area contributed by atoms with Gasteiger partial charge in [0.25, 0.3) is 0 Å². The standard InChI is InChI=1S/3CH2O3.2Al.2Ca.4Mg.18H/c3*2-1(3)4;;;;;;;;;;;;;;;;;;;;;;;;;;/h3*(H2,2,3,4);;;;;;;;;;;;;;;;;;;;;;;;;;/q;;;;;6*+2;;;;;;;12*-1. The summed E-state index contributed by atoms with van der Waals surface area (Å²) in [7, 11) is 0. The summed E-state index contributed by atoms with van der Waals surface area (Å²) in [5.74, 6) is 0. The second kappa shape index (κ2) is 65.3. The third-order valence-corrected chi connectivity index (χ3v) is 0. The Bertz CT molecular complexity index is 169. The molecule has 0 atom stereocenters. The van der Waals surface area contributed by atoms with Gasteiger partial charge in [-0.25, -0.2) is 14.4 Å². The molecule has 0 fully saturated rings. The van der Waals surface area contributed by atoms with Crippen molar-refractivity contribution < 1.29 is 62.1 Å². The molecule has 20 heavy (non-hydrogen) atoms. The third-order valence-electron chi connectivity index (χ3n) is 0. The number of hydrogen-bond acceptors (Lipinski definition) is 3. The fraction of sp³-hybridized carbons (Fsp3) is 0. The predicted octanol–water partition coefficient (Wildman–Crippen LogP) is -2.64. The van der Waals surface area contributed by atoms with Crippen molar-refractivity contribution in [2.24, 2.45) is 0 Å². The molecule has 0 aliphatic rings. The molecule has 9 nitrogen and oxygen atoms in total. The van der Waals surface area contributed by atoms with E-state index in [1.807, 2.05) is 0 Å². The molecule has 0 saturated carbocycles. The number of rotatable bonds is 0. The van der Waals surface area contributed by atoms with Crippen LogP contribution in [-0.4, -0.2) is 252 Å². The zero-order valence-electron chi connectivity index (χ0n) is 21.7. The molecule has 17 heteroatoms. The van der Waals surface area contributed by atoms with E-state index in [4.69, 9.17) is 45.0 Å². The molecule has 0 aromatic heterocycles. The summed E-state index contributed by atoms with van der Waals surface area (Å²) in [5.41, 5.74) is 0. The molecule has 0 aromatic rings. The summed E-state index contributed by atoms with van der Waals surface area (Å²) >= 11 is 0. The van der Waals surface area contributed by atoms with E-state index >= 15 is 0 Å². The maximum Gasteiger partial charge on any atom is 2.00 e. The molecule has 0 rings (SSSR count). The first-order valence-electron chi connectivity index (χ1n) is 1.95. The first kappa shape index (κ1) is 74.3. The molecule has 0 heterocycles. The van der Waals surface area contributed by atoms with Crippen LogP contribution in [0.1, 0.15) is 17.1 Å². The van der Waals surface area contributed by atoms with Crippen molar-refractivity contribution in [1.29, 1.82) is 0 Å². The number of carbonyl (C=O) groups is 3. The van der Waals surface area contributed by atoms with Gasteiger partial charge in [-0.05, 0) is 0 Å². The van der Waals surface area contributed by atoms with Crippen molar-refractivity contribution >= 4 is 221 Å². The molecule has 0 aliphatic carbocycles. The van der Waals surface area contributed by atoms with Gasteiger partial charge in [-0.3, -0.25) is 0 Å². The molecule has 0 unspecified atom stereocenters. The van der Waals surface area contributed by atoms with E-state index in [9.17, 15) is 0 Å². The van der Waals surface area contributed by atoms with Crippen LogP contribution in [0.3, 0.4) is 0 Å². The van der Waals surface area contributed by atoms with Gasteiger partial charge in [-0.1, -0.05) is 0 Å². The van der Waals surface area contributed by atoms with E-state index in [1.54, 1.807) is 0 Å². The average Bonchev–Trinajstić information content (AvgIpc) is 1.54. The molecule has 0 aliphatic heterocycles. The Hall–Kier alpha value is 4.46. The fourth-order valence-corrected chi connectivity index (χ4v) is 0. The van der Waals surface area contributed by atoms with Gasteiger partial charge < -0.3 is 47.8 Å². The molecule has 6 N–H and O–H groups in total. The first-order chi connectivity index (χ1) is 5.20. The third kappa shape index (κ3) is 520. The van der Waals surface area contributed by atoms with Crippen LogP contribution < -0.4 is 0 Å². The Morgan fingerprint density at radius 3 is 0.500 bits per heavy atom. The van der Waals surface area contributed by atoms with Crippen molar-refractivity contribution in [2.75, 3.05) is 0 Å². The summed E-state index contributed by atoms with van der Waals surface area (Å²) in [6, 6.07) is 0. The van der Waals surface area contributed by atoms with Crippen LogP contribution in [0.25, 0.3) is 0 Å². The number of hydrogen-bond donors (Lipinski definition) is 6. The second-order valence-corrected chi connectivity index (χ2v) is 0.848. The summed E-state index contributed by atoms with van der Waals surface area (Å²) < 4.78 is 0. The molecule has 0 saturated heterocycles. The topological polar surface area (TPSA) is 173 Å². The van der Waals surface area contributed by atoms with E-state index < -0.39 is 18.5 Å². The van der Waals surface area contributed by atoms with Gasteiger partial charge in [0.1, 0.15) is 0 Å². The summed E-state index contributed by atoms with van der Waals surface area (Å²) in [5, 5.41) is 41.8. The monoisotopic (exact) mass is 434 g/mol. The SMILES string of the molecule is O=C(O)O.O=C(O)O.O=C(O)O.[AlH3].[AlH3].[Ca+2].[Ca+2].[H-].[H-].[H-].[H-].[H-].[H-].[H-].[H-].[H-].[H-].[H-].[H-].[Mg+2].[Mg+2].[Mg+2].[Mg+2]. The van der Waals surface area contributed by atoms with Crippen molar-refractivity contribution in [1.82, 2.24) is 0 Å². The van der Waals surface area contributed by atoms with E-state index in [0.717, 1.165) is 0 Å². The molecule has 0 amide bonds. The Kier molecular flexibility index (Phi) is 243. The summed E-state index contributed by atoms with van der Waals surface area (Å²) in [6.45, 7) is 0. The van der Waals surface area contributed by atoms with E-state index in [-0.39, 0.29) is 220 Å². The fourth-order valence-electron chi connectivity index (χ4n) is 0. The normalized spacial score (nSPS) is 3.60. The van der Waals surface area contributed by atoms with Crippen LogP contribution in [0.2, 0.25) is 0 Å². The van der Waals surface area contributed by atoms with Gasteiger partial charge in [-0.15, -0.1) is 0 Å². The van der Waals surface area contributed by atoms with Crippen LogP contribution >= 0.6 is 0 Å². The second-order valence-electron chi connectivity index (χ2n) is 0.848. The maximum atomic E-state index is 8.56. The Morgan fingerprint density at radius 1 is 0.500 bits per heavy atom. The van der Waals surface area contributed by atoms with Crippen LogP contribution in [0.5, 0.6) is 0 Å². The minimum atomic E-state index is -1.83. The largest absolute Gasteiger partial charge is 2.00 e. The summed E-state index contributed by atoms with van der Waals surface area (Å²) in [4.78, 5) is 25.7. The van der Waals surface area contributed by atoms with Gasteiger partial charge in [0.05, 0.1) is 0 Å². The average molecular weight is 436 g/mol. The van der Waals surface area contributed by atoms with Crippen molar-refractivity contribution in [3.63, 3.8) is 0 Å². The van der Waals surface area contributed by atoms with Crippen LogP contribution in [0, 0.1) is 0 Å². The zero-order chi connectivity index (χ0) is 10.7. The summed E-state index contributed by atoms with van der Waals surface area (Å²) in [6.07, 6.45) is -5.50. The minimum absolute atomic E-state index is 0. The predicted molar refractivity (Wildman–Crippen MR) is 99.7 cm³/mol. The quantitative estimate of drug-likeness (QED) is 0.222. The smallest absolute Gasteiger partial charge is 1.00 e. The minimum Gasteiger partial charge on any atom is -1.00 e. The van der Waals surface area contributed by atoms with Crippen molar-refractivity contribution in [2.45, 2.75) is 0 Å². The van der Waals surface area contributed by atoms with Crippen molar-refractivity contribution in [3.8, 4) is 0 Å². The Balaban J connectivity index is -0.00000000138. The Morgan fingerprint density at radius 2 is 0.500 bits per heavy atom. The number of carboxylic acid groups (broad SMARTS) is 6. The van der Waals surface area contributed by atoms with Gasteiger partial charge in [0.2, 0.25) is 0 Å². The maximum absolute atomic E-state index is 8.56. The van der Waals surface area contributed by atoms with Crippen LogP contribution in [0.4, 0.5) is 14.4 Å². The molecular weight excluding hydrogens is 411 g/mol. The zero-order valence-corrected chi connectivity index (χ0v) is 19.7. The van der Waals surface area contributed by atoms with Crippen molar-refractivity contribution in [3.05, 3.63) is 0 Å². The van der Waals surface area contributed by atoms with Crippen LogP contribution in [-0.2, 0) is 0 Å². The first-order valence-corrected chi connectivity index (χ1v) is 1.95. The molecule has 0 bridgehead atoms. The van der Waals surface area contributed by atoms with Crippen LogP contribution in [0.15, 0.2) is 0 Å². The van der Waals surface area contributed by atoms with E-state index in [2.05, 4.69) is 0 Å². The Labute approximate surface area is 278 Å². The van der Waals surface area contributed by atoms with E-state index in [0.29, 0.717) is 0 Å². The van der Waals surface area contributed by atoms with Gasteiger partial charge in [0.15, 0.2) is 34.7 Å².